The fourth-order valence-corrected chi connectivity index (χ4v) is 2.67. The Morgan fingerprint density at radius 3 is 2.54 bits per heavy atom. The van der Waals surface area contributed by atoms with Gasteiger partial charge in [0.25, 0.3) is 0 Å². The van der Waals surface area contributed by atoms with Crippen LogP contribution in [0.25, 0.3) is 0 Å². The minimum absolute atomic E-state index is 0.442. The van der Waals surface area contributed by atoms with E-state index in [9.17, 15) is 0 Å². The molecule has 2 rings (SSSR count). The van der Waals surface area contributed by atoms with Crippen LogP contribution in [-0.4, -0.2) is 38.9 Å². The van der Waals surface area contributed by atoms with Gasteiger partial charge >= 0.3 is 0 Å². The molecule has 0 aromatic heterocycles. The van der Waals surface area contributed by atoms with E-state index in [-0.39, 0.29) is 0 Å². The fourth-order valence-electron chi connectivity index (χ4n) is 2.47. The maximum atomic E-state index is 5.41. The van der Waals surface area contributed by atoms with Crippen molar-refractivity contribution < 1.29 is 9.64 Å². The highest BCUT2D eigenvalue weighted by molar-refractivity contribution is 7.80. The number of hydrogen-bond donors (Lipinski definition) is 3. The highest BCUT2D eigenvalue weighted by atomic mass is 32.1. The van der Waals surface area contributed by atoms with E-state index in [4.69, 9.17) is 17.0 Å². The Balaban J connectivity index is 1.87. The highest BCUT2D eigenvalue weighted by Gasteiger charge is 2.16. The first-order valence-corrected chi connectivity index (χ1v) is 8.52. The molecule has 0 fully saturated rings. The lowest BCUT2D eigenvalue weighted by Gasteiger charge is -2.23. The molecule has 2 aromatic carbocycles. The molecule has 128 valence electrons. The van der Waals surface area contributed by atoms with Crippen LogP contribution in [0.1, 0.15) is 5.56 Å². The number of methoxy groups -OCH3 is 1. The SMILES string of the molecule is COc1cccc(NC(=S)NC[C@H](Cc2ccccc2)[NH+](C)C)c1. The van der Waals surface area contributed by atoms with Crippen LogP contribution < -0.4 is 20.3 Å². The maximum absolute atomic E-state index is 5.41. The molecule has 5 heteroatoms. The van der Waals surface area contributed by atoms with E-state index in [0.29, 0.717) is 11.2 Å². The van der Waals surface area contributed by atoms with Gasteiger partial charge in [0.15, 0.2) is 5.11 Å². The van der Waals surface area contributed by atoms with Crippen LogP contribution in [0, 0.1) is 0 Å². The molecule has 0 saturated carbocycles. The van der Waals surface area contributed by atoms with Crippen LogP contribution in [0.5, 0.6) is 5.75 Å². The second-order valence-electron chi connectivity index (χ2n) is 6.03. The van der Waals surface area contributed by atoms with E-state index in [0.717, 1.165) is 24.4 Å². The summed E-state index contributed by atoms with van der Waals surface area (Å²) in [5.41, 5.74) is 2.26. The summed E-state index contributed by atoms with van der Waals surface area (Å²) in [4.78, 5) is 1.40. The van der Waals surface area contributed by atoms with Crippen molar-refractivity contribution in [3.63, 3.8) is 0 Å². The van der Waals surface area contributed by atoms with E-state index in [1.165, 1.54) is 10.5 Å². The zero-order chi connectivity index (χ0) is 17.4. The minimum atomic E-state index is 0.442. The number of likely N-dealkylation sites (N-methyl/N-ethyl adjacent to an activating group) is 1. The average Bonchev–Trinajstić information content (AvgIpc) is 2.59. The summed E-state index contributed by atoms with van der Waals surface area (Å²) in [7, 11) is 6.01. The molecule has 0 unspecified atom stereocenters. The molecule has 4 nitrogen and oxygen atoms in total. The smallest absolute Gasteiger partial charge is 0.170 e. The van der Waals surface area contributed by atoms with Gasteiger partial charge in [0, 0.05) is 18.2 Å². The molecule has 0 heterocycles. The maximum Gasteiger partial charge on any atom is 0.170 e. The molecule has 0 spiro atoms. The lowest BCUT2D eigenvalue weighted by Crippen LogP contribution is -3.11. The zero-order valence-electron chi connectivity index (χ0n) is 14.5. The lowest BCUT2D eigenvalue weighted by molar-refractivity contribution is -0.884. The molecule has 0 aliphatic carbocycles. The quantitative estimate of drug-likeness (QED) is 0.669. The van der Waals surface area contributed by atoms with Crippen molar-refractivity contribution in [2.75, 3.05) is 33.1 Å². The number of thiocarbonyl (C=S) groups is 1. The summed E-state index contributed by atoms with van der Waals surface area (Å²) in [5, 5.41) is 7.16. The normalized spacial score (nSPS) is 11.8. The number of quaternary nitrogens is 1. The molecule has 24 heavy (non-hydrogen) atoms. The van der Waals surface area contributed by atoms with Crippen molar-refractivity contribution in [3.05, 3.63) is 60.2 Å². The van der Waals surface area contributed by atoms with Gasteiger partial charge in [0.2, 0.25) is 0 Å². The van der Waals surface area contributed by atoms with Gasteiger partial charge in [-0.25, -0.2) is 0 Å². The van der Waals surface area contributed by atoms with Gasteiger partial charge in [-0.05, 0) is 29.9 Å². The van der Waals surface area contributed by atoms with E-state index in [2.05, 4.69) is 49.0 Å². The largest absolute Gasteiger partial charge is 0.497 e. The van der Waals surface area contributed by atoms with Crippen molar-refractivity contribution in [1.29, 1.82) is 0 Å². The average molecular weight is 345 g/mol. The molecule has 0 aliphatic rings. The van der Waals surface area contributed by atoms with Crippen molar-refractivity contribution in [2.24, 2.45) is 0 Å². The first-order chi connectivity index (χ1) is 11.6. The summed E-state index contributed by atoms with van der Waals surface area (Å²) < 4.78 is 5.23. The second kappa shape index (κ2) is 9.25. The molecular formula is C19H26N3OS+. The summed E-state index contributed by atoms with van der Waals surface area (Å²) in [6.07, 6.45) is 1.01. The standard InChI is InChI=1S/C19H25N3OS/c1-22(2)17(12-15-8-5-4-6-9-15)14-20-19(24)21-16-10-7-11-18(13-16)23-3/h4-11,13,17H,12,14H2,1-3H3,(H2,20,21,24)/p+1/t17-/m0/s1. The number of benzene rings is 2. The van der Waals surface area contributed by atoms with Crippen molar-refractivity contribution in [1.82, 2.24) is 5.32 Å². The van der Waals surface area contributed by atoms with E-state index in [1.807, 2.05) is 30.3 Å². The van der Waals surface area contributed by atoms with Crippen LogP contribution in [-0.2, 0) is 6.42 Å². The van der Waals surface area contributed by atoms with Crippen LogP contribution in [0.15, 0.2) is 54.6 Å². The van der Waals surface area contributed by atoms with Crippen LogP contribution in [0.3, 0.4) is 0 Å². The first kappa shape index (κ1) is 18.2. The Morgan fingerprint density at radius 1 is 1.12 bits per heavy atom. The number of ether oxygens (including phenoxy) is 1. The third kappa shape index (κ3) is 5.83. The summed E-state index contributed by atoms with van der Waals surface area (Å²) in [6.45, 7) is 0.813. The predicted octanol–water partition coefficient (Wildman–Crippen LogP) is 1.74. The Morgan fingerprint density at radius 2 is 1.88 bits per heavy atom. The summed E-state index contributed by atoms with van der Waals surface area (Å²) >= 11 is 5.41. The van der Waals surface area contributed by atoms with Crippen molar-refractivity contribution >= 4 is 23.0 Å². The van der Waals surface area contributed by atoms with Gasteiger partial charge in [0.1, 0.15) is 11.8 Å². The van der Waals surface area contributed by atoms with Gasteiger partial charge in [-0.3, -0.25) is 0 Å². The molecule has 1 atom stereocenters. The van der Waals surface area contributed by atoms with E-state index < -0.39 is 0 Å². The van der Waals surface area contributed by atoms with Gasteiger partial charge < -0.3 is 20.3 Å². The fraction of sp³-hybridized carbons (Fsp3) is 0.316. The van der Waals surface area contributed by atoms with E-state index >= 15 is 0 Å². The monoisotopic (exact) mass is 344 g/mol. The number of rotatable bonds is 7. The van der Waals surface area contributed by atoms with Gasteiger partial charge in [-0.15, -0.1) is 0 Å². The molecule has 0 radical (unpaired) electrons. The zero-order valence-corrected chi connectivity index (χ0v) is 15.3. The van der Waals surface area contributed by atoms with Gasteiger partial charge in [0.05, 0.1) is 27.7 Å². The Kier molecular flexibility index (Phi) is 7.03. The molecule has 3 N–H and O–H groups in total. The molecule has 0 aliphatic heterocycles. The molecule has 0 amide bonds. The Labute approximate surface area is 149 Å². The van der Waals surface area contributed by atoms with Crippen molar-refractivity contribution in [2.45, 2.75) is 12.5 Å². The molecule has 0 bridgehead atoms. The van der Waals surface area contributed by atoms with Crippen LogP contribution in [0.4, 0.5) is 5.69 Å². The Bertz CT molecular complexity index is 646. The topological polar surface area (TPSA) is 37.7 Å². The molecule has 0 saturated heterocycles. The van der Waals surface area contributed by atoms with Crippen LogP contribution in [0.2, 0.25) is 0 Å². The van der Waals surface area contributed by atoms with Crippen molar-refractivity contribution in [3.8, 4) is 5.75 Å². The minimum Gasteiger partial charge on any atom is -0.497 e. The second-order valence-corrected chi connectivity index (χ2v) is 6.44. The lowest BCUT2D eigenvalue weighted by atomic mass is 10.1. The number of hydrogen-bond acceptors (Lipinski definition) is 2. The molecule has 2 aromatic rings. The van der Waals surface area contributed by atoms with Gasteiger partial charge in [-0.2, -0.15) is 0 Å². The third-order valence-electron chi connectivity index (χ3n) is 3.98. The predicted molar refractivity (Wildman–Crippen MR) is 104 cm³/mol. The van der Waals surface area contributed by atoms with Gasteiger partial charge in [-0.1, -0.05) is 36.4 Å². The van der Waals surface area contributed by atoms with Crippen LogP contribution >= 0.6 is 12.2 Å². The highest BCUT2D eigenvalue weighted by Crippen LogP contribution is 2.16. The number of anilines is 1. The first-order valence-electron chi connectivity index (χ1n) is 8.11. The summed E-state index contributed by atoms with van der Waals surface area (Å²) in [6, 6.07) is 18.7. The number of nitrogens with one attached hydrogen (secondary N) is 3. The third-order valence-corrected chi connectivity index (χ3v) is 4.22. The van der Waals surface area contributed by atoms with E-state index in [1.54, 1.807) is 7.11 Å². The molecular weight excluding hydrogens is 318 g/mol. The Hall–Kier alpha value is -2.11. The summed E-state index contributed by atoms with van der Waals surface area (Å²) in [5.74, 6) is 0.808.